The summed E-state index contributed by atoms with van der Waals surface area (Å²) >= 11 is 3.36. The molecule has 1 aromatic heterocycles. The quantitative estimate of drug-likeness (QED) is 0.816. The highest BCUT2D eigenvalue weighted by Crippen LogP contribution is 2.18. The van der Waals surface area contributed by atoms with E-state index < -0.39 is 0 Å². The smallest absolute Gasteiger partial charge is 0.289 e. The lowest BCUT2D eigenvalue weighted by molar-refractivity contribution is 0.0696. The third-order valence-corrected chi connectivity index (χ3v) is 3.63. The number of rotatable bonds is 7. The second-order valence-corrected chi connectivity index (χ2v) is 5.53. The molecule has 1 amide bonds. The molecule has 0 saturated heterocycles. The van der Waals surface area contributed by atoms with Crippen LogP contribution in [0.4, 0.5) is 0 Å². The van der Waals surface area contributed by atoms with Gasteiger partial charge in [-0.05, 0) is 43.3 Å². The molecular weight excluding hydrogens is 350 g/mol. The molecule has 22 heavy (non-hydrogen) atoms. The largest absolute Gasteiger partial charge is 0.486 e. The summed E-state index contributed by atoms with van der Waals surface area (Å²) in [4.78, 5) is 13.7. The van der Waals surface area contributed by atoms with E-state index in [0.29, 0.717) is 18.8 Å². The molecule has 0 aliphatic heterocycles. The van der Waals surface area contributed by atoms with Crippen LogP contribution in [0.1, 0.15) is 23.2 Å². The molecule has 1 aromatic carbocycles. The number of aliphatic hydroxyl groups is 1. The van der Waals surface area contributed by atoms with Crippen LogP contribution >= 0.6 is 15.9 Å². The number of amides is 1. The molecule has 118 valence electrons. The van der Waals surface area contributed by atoms with Crippen LogP contribution in [-0.4, -0.2) is 35.6 Å². The SMILES string of the molecule is CCN(CCO)C(=O)c1ccc(COc2ccc(Br)cc2)o1. The van der Waals surface area contributed by atoms with Crippen molar-refractivity contribution in [2.75, 3.05) is 19.7 Å². The molecule has 0 fully saturated rings. The Balaban J connectivity index is 1.96. The Morgan fingerprint density at radius 2 is 2.00 bits per heavy atom. The maximum Gasteiger partial charge on any atom is 0.289 e. The Morgan fingerprint density at radius 3 is 2.64 bits per heavy atom. The van der Waals surface area contributed by atoms with Gasteiger partial charge >= 0.3 is 0 Å². The van der Waals surface area contributed by atoms with Crippen molar-refractivity contribution in [3.63, 3.8) is 0 Å². The summed E-state index contributed by atoms with van der Waals surface area (Å²) in [6.45, 7) is 2.85. The fourth-order valence-corrected chi connectivity index (χ4v) is 2.20. The standard InChI is InChI=1S/C16H18BrNO4/c1-2-18(9-10-19)16(20)15-8-7-14(22-15)11-21-13-5-3-12(17)4-6-13/h3-8,19H,2,9-11H2,1H3. The van der Waals surface area contributed by atoms with Crippen molar-refractivity contribution in [1.29, 1.82) is 0 Å². The fourth-order valence-electron chi connectivity index (χ4n) is 1.94. The lowest BCUT2D eigenvalue weighted by atomic mass is 10.3. The van der Waals surface area contributed by atoms with Crippen LogP contribution in [0.15, 0.2) is 45.3 Å². The molecule has 0 spiro atoms. The molecule has 0 aliphatic rings. The Labute approximate surface area is 137 Å². The number of furan rings is 1. The lowest BCUT2D eigenvalue weighted by Gasteiger charge is -2.17. The van der Waals surface area contributed by atoms with E-state index in [-0.39, 0.29) is 24.9 Å². The zero-order valence-electron chi connectivity index (χ0n) is 12.3. The van der Waals surface area contributed by atoms with Crippen molar-refractivity contribution in [1.82, 2.24) is 4.90 Å². The van der Waals surface area contributed by atoms with Gasteiger partial charge < -0.3 is 19.2 Å². The van der Waals surface area contributed by atoms with Gasteiger partial charge in [0.2, 0.25) is 0 Å². The first-order chi connectivity index (χ1) is 10.6. The maximum absolute atomic E-state index is 12.2. The molecule has 0 saturated carbocycles. The predicted molar refractivity (Wildman–Crippen MR) is 85.8 cm³/mol. The zero-order chi connectivity index (χ0) is 15.9. The number of nitrogens with zero attached hydrogens (tertiary/aromatic N) is 1. The number of ether oxygens (including phenoxy) is 1. The zero-order valence-corrected chi connectivity index (χ0v) is 13.9. The molecule has 6 heteroatoms. The van der Waals surface area contributed by atoms with Gasteiger partial charge in [0.25, 0.3) is 5.91 Å². The Morgan fingerprint density at radius 1 is 1.27 bits per heavy atom. The van der Waals surface area contributed by atoms with E-state index in [0.717, 1.165) is 10.2 Å². The number of aliphatic hydroxyl groups excluding tert-OH is 1. The second-order valence-electron chi connectivity index (χ2n) is 4.62. The van der Waals surface area contributed by atoms with Crippen LogP contribution in [0.25, 0.3) is 0 Å². The van der Waals surface area contributed by atoms with Crippen LogP contribution in [-0.2, 0) is 6.61 Å². The normalized spacial score (nSPS) is 10.5. The van der Waals surface area contributed by atoms with Crippen LogP contribution in [0.3, 0.4) is 0 Å². The number of halogens is 1. The molecule has 1 N–H and O–H groups in total. The molecule has 0 bridgehead atoms. The number of carbonyl (C=O) groups is 1. The van der Waals surface area contributed by atoms with E-state index in [9.17, 15) is 4.79 Å². The Kier molecular flexibility index (Phi) is 6.03. The summed E-state index contributed by atoms with van der Waals surface area (Å²) in [5, 5.41) is 8.95. The minimum absolute atomic E-state index is 0.0696. The van der Waals surface area contributed by atoms with E-state index in [1.54, 1.807) is 12.1 Å². The van der Waals surface area contributed by atoms with Crippen LogP contribution in [0, 0.1) is 0 Å². The Bertz CT molecular complexity index is 609. The molecule has 2 rings (SSSR count). The van der Waals surface area contributed by atoms with Gasteiger partial charge in [-0.1, -0.05) is 15.9 Å². The van der Waals surface area contributed by atoms with E-state index in [1.165, 1.54) is 4.90 Å². The van der Waals surface area contributed by atoms with Crippen molar-refractivity contribution in [3.8, 4) is 5.75 Å². The fraction of sp³-hybridized carbons (Fsp3) is 0.312. The van der Waals surface area contributed by atoms with Gasteiger partial charge in [-0.2, -0.15) is 0 Å². The molecule has 2 aromatic rings. The van der Waals surface area contributed by atoms with Crippen molar-refractivity contribution < 1.29 is 19.1 Å². The molecule has 0 atom stereocenters. The van der Waals surface area contributed by atoms with Gasteiger partial charge in [0.1, 0.15) is 18.1 Å². The van der Waals surface area contributed by atoms with Crippen LogP contribution in [0.2, 0.25) is 0 Å². The van der Waals surface area contributed by atoms with Crippen molar-refractivity contribution >= 4 is 21.8 Å². The topological polar surface area (TPSA) is 62.9 Å². The molecule has 1 heterocycles. The summed E-state index contributed by atoms with van der Waals surface area (Å²) < 4.78 is 12.1. The highest BCUT2D eigenvalue weighted by Gasteiger charge is 2.17. The number of benzene rings is 1. The average molecular weight is 368 g/mol. The summed E-state index contributed by atoms with van der Waals surface area (Å²) in [7, 11) is 0. The van der Waals surface area contributed by atoms with Gasteiger partial charge in [0, 0.05) is 17.6 Å². The number of hydrogen-bond acceptors (Lipinski definition) is 4. The van der Waals surface area contributed by atoms with Gasteiger partial charge in [-0.3, -0.25) is 4.79 Å². The van der Waals surface area contributed by atoms with E-state index in [2.05, 4.69) is 15.9 Å². The second kappa shape index (κ2) is 8.00. The summed E-state index contributed by atoms with van der Waals surface area (Å²) in [6.07, 6.45) is 0. The van der Waals surface area contributed by atoms with Gasteiger partial charge in [0.15, 0.2) is 5.76 Å². The van der Waals surface area contributed by atoms with Gasteiger partial charge in [0.05, 0.1) is 6.61 Å². The highest BCUT2D eigenvalue weighted by molar-refractivity contribution is 9.10. The van der Waals surface area contributed by atoms with Gasteiger partial charge in [-0.25, -0.2) is 0 Å². The monoisotopic (exact) mass is 367 g/mol. The van der Waals surface area contributed by atoms with Crippen molar-refractivity contribution in [2.45, 2.75) is 13.5 Å². The van der Waals surface area contributed by atoms with E-state index >= 15 is 0 Å². The highest BCUT2D eigenvalue weighted by atomic mass is 79.9. The van der Waals surface area contributed by atoms with Gasteiger partial charge in [-0.15, -0.1) is 0 Å². The van der Waals surface area contributed by atoms with E-state index in [4.69, 9.17) is 14.3 Å². The number of hydrogen-bond donors (Lipinski definition) is 1. The molecule has 0 radical (unpaired) electrons. The third kappa shape index (κ3) is 4.35. The summed E-state index contributed by atoms with van der Waals surface area (Å²) in [5.41, 5.74) is 0. The van der Waals surface area contributed by atoms with Crippen LogP contribution < -0.4 is 4.74 Å². The maximum atomic E-state index is 12.2. The minimum atomic E-state index is -0.230. The number of carbonyl (C=O) groups excluding carboxylic acids is 1. The lowest BCUT2D eigenvalue weighted by Crippen LogP contribution is -2.33. The van der Waals surface area contributed by atoms with Crippen molar-refractivity contribution in [3.05, 3.63) is 52.4 Å². The Hall–Kier alpha value is -1.79. The van der Waals surface area contributed by atoms with E-state index in [1.807, 2.05) is 31.2 Å². The third-order valence-electron chi connectivity index (χ3n) is 3.11. The predicted octanol–water partition coefficient (Wildman–Crippen LogP) is 3.08. The number of likely N-dealkylation sites (N-methyl/N-ethyl adjacent to an activating group) is 1. The summed E-state index contributed by atoms with van der Waals surface area (Å²) in [6, 6.07) is 10.8. The average Bonchev–Trinajstić information content (AvgIpc) is 3.00. The minimum Gasteiger partial charge on any atom is -0.486 e. The summed E-state index contributed by atoms with van der Waals surface area (Å²) in [5.74, 6) is 1.32. The van der Waals surface area contributed by atoms with Crippen LogP contribution in [0.5, 0.6) is 5.75 Å². The molecule has 0 aliphatic carbocycles. The van der Waals surface area contributed by atoms with Crippen molar-refractivity contribution in [2.24, 2.45) is 0 Å². The molecule has 5 nitrogen and oxygen atoms in total. The molecular formula is C16H18BrNO4. The first-order valence-corrected chi connectivity index (χ1v) is 7.80. The first kappa shape index (κ1) is 16.6. The first-order valence-electron chi connectivity index (χ1n) is 7.01. The molecule has 0 unspecified atom stereocenters.